The third-order valence-corrected chi connectivity index (χ3v) is 7.44. The Kier molecular flexibility index (Phi) is 6.30. The van der Waals surface area contributed by atoms with Crippen molar-refractivity contribution in [1.82, 2.24) is 4.57 Å². The molecule has 34 heavy (non-hydrogen) atoms. The third-order valence-electron chi connectivity index (χ3n) is 5.69. The fourth-order valence-corrected chi connectivity index (χ4v) is 5.34. The van der Waals surface area contributed by atoms with Crippen LogP contribution in [0.5, 0.6) is 17.2 Å². The summed E-state index contributed by atoms with van der Waals surface area (Å²) in [7, 11) is 2.27. The minimum Gasteiger partial charge on any atom is -0.493 e. The van der Waals surface area contributed by atoms with Crippen molar-refractivity contribution in [3.8, 4) is 17.2 Å². The highest BCUT2D eigenvalue weighted by molar-refractivity contribution is 7.92. The second-order valence-corrected chi connectivity index (χ2v) is 9.65. The number of rotatable bonds is 8. The Morgan fingerprint density at radius 3 is 2.12 bits per heavy atom. The van der Waals surface area contributed by atoms with E-state index in [4.69, 9.17) is 19.9 Å². The number of fused-ring (bicyclic) bond motifs is 1. The molecule has 1 heterocycles. The molecule has 0 radical (unpaired) electrons. The van der Waals surface area contributed by atoms with Crippen molar-refractivity contribution in [2.45, 2.75) is 11.4 Å². The van der Waals surface area contributed by atoms with Crippen LogP contribution in [0.3, 0.4) is 0 Å². The average Bonchev–Trinajstić information content (AvgIpc) is 3.22. The van der Waals surface area contributed by atoms with Crippen LogP contribution < -0.4 is 24.2 Å². The van der Waals surface area contributed by atoms with E-state index in [0.29, 0.717) is 17.1 Å². The molecule has 0 aliphatic heterocycles. The third kappa shape index (κ3) is 4.22. The van der Waals surface area contributed by atoms with E-state index in [0.717, 1.165) is 16.5 Å². The summed E-state index contributed by atoms with van der Waals surface area (Å²) >= 11 is 0. The topological polar surface area (TPSA) is 96.0 Å². The highest BCUT2D eigenvalue weighted by Crippen LogP contribution is 2.41. The molecule has 0 atom stereocenters. The Morgan fingerprint density at radius 2 is 1.53 bits per heavy atom. The number of nitrogens with two attached hydrogens (primary N) is 1. The first-order chi connectivity index (χ1) is 16.3. The fourth-order valence-electron chi connectivity index (χ4n) is 3.86. The van der Waals surface area contributed by atoms with Gasteiger partial charge in [-0.1, -0.05) is 12.1 Å². The Bertz CT molecular complexity index is 1400. The zero-order chi connectivity index (χ0) is 24.5. The van der Waals surface area contributed by atoms with E-state index < -0.39 is 10.0 Å². The second-order valence-electron chi connectivity index (χ2n) is 7.78. The second kappa shape index (κ2) is 9.18. The maximum Gasteiger partial charge on any atom is 0.264 e. The molecule has 1 aromatic heterocycles. The van der Waals surface area contributed by atoms with Gasteiger partial charge in [0.1, 0.15) is 0 Å². The molecule has 178 valence electrons. The van der Waals surface area contributed by atoms with E-state index in [2.05, 4.69) is 0 Å². The molecule has 0 fully saturated rings. The molecule has 0 spiro atoms. The predicted octanol–water partition coefficient (Wildman–Crippen LogP) is 4.18. The molecule has 0 aliphatic rings. The van der Waals surface area contributed by atoms with Crippen LogP contribution >= 0.6 is 0 Å². The predicted molar refractivity (Wildman–Crippen MR) is 133 cm³/mol. The quantitative estimate of drug-likeness (QED) is 0.379. The number of methoxy groups -OCH3 is 3. The maximum atomic E-state index is 14.0. The number of aryl methyl sites for hydroxylation is 1. The number of nitrogen functional groups attached to an aromatic ring is 1. The Morgan fingerprint density at radius 1 is 0.882 bits per heavy atom. The summed E-state index contributed by atoms with van der Waals surface area (Å²) in [6, 6.07) is 17.5. The zero-order valence-corrected chi connectivity index (χ0v) is 20.3. The first-order valence-corrected chi connectivity index (χ1v) is 11.9. The van der Waals surface area contributed by atoms with Crippen molar-refractivity contribution < 1.29 is 22.6 Å². The summed E-state index contributed by atoms with van der Waals surface area (Å²) in [6.45, 7) is 0.109. The summed E-state index contributed by atoms with van der Waals surface area (Å²) in [6.07, 6.45) is 1.94. The van der Waals surface area contributed by atoms with Gasteiger partial charge in [0, 0.05) is 42.0 Å². The van der Waals surface area contributed by atoms with Crippen LogP contribution in [-0.4, -0.2) is 34.3 Å². The molecule has 0 aliphatic carbocycles. The summed E-state index contributed by atoms with van der Waals surface area (Å²) < 4.78 is 47.5. The summed E-state index contributed by atoms with van der Waals surface area (Å²) in [5, 5.41) is 0.933. The lowest BCUT2D eigenvalue weighted by atomic mass is 10.2. The monoisotopic (exact) mass is 481 g/mol. The van der Waals surface area contributed by atoms with Crippen LogP contribution in [-0.2, 0) is 23.6 Å². The van der Waals surface area contributed by atoms with Gasteiger partial charge in [-0.3, -0.25) is 4.31 Å². The van der Waals surface area contributed by atoms with Crippen LogP contribution in [0.25, 0.3) is 10.9 Å². The summed E-state index contributed by atoms with van der Waals surface area (Å²) in [5.74, 6) is 0.831. The number of aromatic nitrogens is 1. The number of ether oxygens (including phenoxy) is 3. The van der Waals surface area contributed by atoms with Gasteiger partial charge in [0.2, 0.25) is 5.75 Å². The normalized spacial score (nSPS) is 11.4. The molecule has 0 unspecified atom stereocenters. The van der Waals surface area contributed by atoms with E-state index >= 15 is 0 Å². The number of hydrogen-bond acceptors (Lipinski definition) is 6. The fraction of sp³-hybridized carbons (Fsp3) is 0.200. The largest absolute Gasteiger partial charge is 0.493 e. The van der Waals surface area contributed by atoms with Crippen LogP contribution in [0.4, 0.5) is 11.4 Å². The number of nitrogens with zero attached hydrogens (tertiary/aromatic N) is 2. The van der Waals surface area contributed by atoms with Gasteiger partial charge >= 0.3 is 0 Å². The van der Waals surface area contributed by atoms with Gasteiger partial charge in [0.15, 0.2) is 11.5 Å². The lowest BCUT2D eigenvalue weighted by Gasteiger charge is -2.26. The molecule has 0 saturated heterocycles. The SMILES string of the molecule is COc1cc(S(=O)(=O)N(Cc2ccc(N)cc2)c2ccc3c(ccn3C)c2)cc(OC)c1OC. The highest BCUT2D eigenvalue weighted by Gasteiger charge is 2.29. The maximum absolute atomic E-state index is 14.0. The van der Waals surface area contributed by atoms with Gasteiger partial charge < -0.3 is 24.5 Å². The first kappa shape index (κ1) is 23.3. The van der Waals surface area contributed by atoms with Crippen LogP contribution in [0.15, 0.2) is 71.8 Å². The van der Waals surface area contributed by atoms with E-state index in [1.54, 1.807) is 18.2 Å². The summed E-state index contributed by atoms with van der Waals surface area (Å²) in [4.78, 5) is 0.0191. The van der Waals surface area contributed by atoms with Crippen LogP contribution in [0.2, 0.25) is 0 Å². The van der Waals surface area contributed by atoms with E-state index in [1.165, 1.54) is 37.8 Å². The molecule has 3 aromatic carbocycles. The van der Waals surface area contributed by atoms with Crippen molar-refractivity contribution in [3.05, 3.63) is 72.4 Å². The zero-order valence-electron chi connectivity index (χ0n) is 19.5. The van der Waals surface area contributed by atoms with Crippen LogP contribution in [0, 0.1) is 0 Å². The van der Waals surface area contributed by atoms with E-state index in [-0.39, 0.29) is 22.9 Å². The lowest BCUT2D eigenvalue weighted by Crippen LogP contribution is -2.30. The smallest absolute Gasteiger partial charge is 0.264 e. The molecule has 9 heteroatoms. The van der Waals surface area contributed by atoms with Gasteiger partial charge in [-0.05, 0) is 42.0 Å². The van der Waals surface area contributed by atoms with Gasteiger partial charge in [0.25, 0.3) is 10.0 Å². The average molecular weight is 482 g/mol. The molecular weight excluding hydrogens is 454 g/mol. The molecule has 0 bridgehead atoms. The van der Waals surface area contributed by atoms with Gasteiger partial charge in [-0.15, -0.1) is 0 Å². The molecule has 0 amide bonds. The minimum atomic E-state index is -4.03. The molecule has 2 N–H and O–H groups in total. The highest BCUT2D eigenvalue weighted by atomic mass is 32.2. The van der Waals surface area contributed by atoms with Crippen LogP contribution in [0.1, 0.15) is 5.56 Å². The molecular formula is C25H27N3O5S. The summed E-state index contributed by atoms with van der Waals surface area (Å²) in [5.41, 5.74) is 8.76. The van der Waals surface area contributed by atoms with E-state index in [1.807, 2.05) is 48.1 Å². The van der Waals surface area contributed by atoms with E-state index in [9.17, 15) is 8.42 Å². The van der Waals surface area contributed by atoms with Crippen molar-refractivity contribution >= 4 is 32.3 Å². The van der Waals surface area contributed by atoms with Crippen molar-refractivity contribution in [1.29, 1.82) is 0 Å². The Hall–Kier alpha value is -3.85. The Balaban J connectivity index is 1.88. The lowest BCUT2D eigenvalue weighted by molar-refractivity contribution is 0.323. The molecule has 4 aromatic rings. The number of hydrogen-bond donors (Lipinski definition) is 1. The standard InChI is InChI=1S/C25H27N3O5S/c1-27-12-11-18-13-20(9-10-22(18)27)28(16-17-5-7-19(26)8-6-17)34(29,30)21-14-23(31-2)25(33-4)24(15-21)32-3/h5-15H,16,26H2,1-4H3. The molecule has 8 nitrogen and oxygen atoms in total. The van der Waals surface area contributed by atoms with Gasteiger partial charge in [-0.25, -0.2) is 8.42 Å². The number of anilines is 2. The van der Waals surface area contributed by atoms with Crippen molar-refractivity contribution in [2.75, 3.05) is 31.4 Å². The molecule has 4 rings (SSSR count). The molecule has 0 saturated carbocycles. The number of sulfonamides is 1. The van der Waals surface area contributed by atoms with Crippen molar-refractivity contribution in [2.24, 2.45) is 7.05 Å². The first-order valence-electron chi connectivity index (χ1n) is 10.5. The minimum absolute atomic E-state index is 0.0191. The van der Waals surface area contributed by atoms with Gasteiger partial charge in [0.05, 0.1) is 38.5 Å². The number of benzene rings is 3. The Labute approximate surface area is 199 Å². The van der Waals surface area contributed by atoms with Gasteiger partial charge in [-0.2, -0.15) is 0 Å². The van der Waals surface area contributed by atoms with Crippen molar-refractivity contribution in [3.63, 3.8) is 0 Å².